The second-order valence-electron chi connectivity index (χ2n) is 6.44. The van der Waals surface area contributed by atoms with Gasteiger partial charge in [-0.3, -0.25) is 9.36 Å². The molecular weight excluding hydrogens is 393 g/mol. The van der Waals surface area contributed by atoms with Gasteiger partial charge in [-0.25, -0.2) is 4.39 Å². The number of carbonyl (C=O) groups excluding carboxylic acids is 1. The van der Waals surface area contributed by atoms with Gasteiger partial charge >= 0.3 is 0 Å². The summed E-state index contributed by atoms with van der Waals surface area (Å²) < 4.78 is 21.3. The molecule has 7 nitrogen and oxygen atoms in total. The molecule has 1 aliphatic heterocycles. The van der Waals surface area contributed by atoms with Crippen molar-refractivity contribution < 1.29 is 13.9 Å². The van der Waals surface area contributed by atoms with Gasteiger partial charge in [0.2, 0.25) is 11.9 Å². The number of thioether (sulfide) groups is 1. The molecule has 1 aliphatic carbocycles. The third kappa shape index (κ3) is 4.36. The minimum absolute atomic E-state index is 0.114. The van der Waals surface area contributed by atoms with Crippen LogP contribution in [-0.2, 0) is 9.53 Å². The highest BCUT2D eigenvalue weighted by atomic mass is 35.5. The van der Waals surface area contributed by atoms with E-state index in [0.29, 0.717) is 24.4 Å². The minimum Gasteiger partial charge on any atom is -0.378 e. The first-order valence-corrected chi connectivity index (χ1v) is 10.1. The Balaban J connectivity index is 1.42. The molecule has 1 N–H and O–H groups in total. The summed E-state index contributed by atoms with van der Waals surface area (Å²) in [6.07, 6.45) is 2.18. The summed E-state index contributed by atoms with van der Waals surface area (Å²) in [4.78, 5) is 14.4. The Morgan fingerprint density at radius 2 is 2.11 bits per heavy atom. The van der Waals surface area contributed by atoms with E-state index in [1.807, 2.05) is 0 Å². The van der Waals surface area contributed by atoms with Crippen LogP contribution in [0.1, 0.15) is 18.9 Å². The Labute approximate surface area is 165 Å². The van der Waals surface area contributed by atoms with E-state index in [9.17, 15) is 9.18 Å². The van der Waals surface area contributed by atoms with Crippen LogP contribution < -0.4 is 10.2 Å². The zero-order chi connectivity index (χ0) is 18.8. The van der Waals surface area contributed by atoms with Gasteiger partial charge in [-0.2, -0.15) is 0 Å². The fourth-order valence-electron chi connectivity index (χ4n) is 2.91. The molecule has 1 amide bonds. The summed E-state index contributed by atoms with van der Waals surface area (Å²) in [5.74, 6) is 0.0966. The van der Waals surface area contributed by atoms with Crippen LogP contribution in [0.25, 0.3) is 0 Å². The summed E-state index contributed by atoms with van der Waals surface area (Å²) >= 11 is 7.03. The van der Waals surface area contributed by atoms with Gasteiger partial charge in [0, 0.05) is 24.2 Å². The molecule has 0 bridgehead atoms. The fourth-order valence-corrected chi connectivity index (χ4v) is 3.87. The van der Waals surface area contributed by atoms with Crippen molar-refractivity contribution in [2.75, 3.05) is 42.3 Å². The van der Waals surface area contributed by atoms with Crippen molar-refractivity contribution in [1.82, 2.24) is 14.8 Å². The lowest BCUT2D eigenvalue weighted by molar-refractivity contribution is -0.113. The van der Waals surface area contributed by atoms with Crippen LogP contribution in [-0.4, -0.2) is 52.7 Å². The molecule has 0 atom stereocenters. The number of hydrogen-bond donors (Lipinski definition) is 1. The number of ether oxygens (including phenoxy) is 1. The van der Waals surface area contributed by atoms with E-state index in [2.05, 4.69) is 25.0 Å². The Kier molecular flexibility index (Phi) is 5.51. The van der Waals surface area contributed by atoms with Crippen LogP contribution in [0.5, 0.6) is 0 Å². The van der Waals surface area contributed by atoms with E-state index >= 15 is 0 Å². The van der Waals surface area contributed by atoms with E-state index in [4.69, 9.17) is 16.3 Å². The molecule has 2 aliphatic rings. The third-order valence-corrected chi connectivity index (χ3v) is 5.57. The van der Waals surface area contributed by atoms with E-state index in [1.54, 1.807) is 0 Å². The first-order valence-electron chi connectivity index (χ1n) is 8.77. The molecule has 0 radical (unpaired) electrons. The largest absolute Gasteiger partial charge is 0.378 e. The molecule has 10 heteroatoms. The van der Waals surface area contributed by atoms with Gasteiger partial charge in [0.15, 0.2) is 5.16 Å². The Hall–Kier alpha value is -1.84. The minimum atomic E-state index is -0.559. The topological polar surface area (TPSA) is 72.3 Å². The number of carbonyl (C=O) groups is 1. The van der Waals surface area contributed by atoms with Crippen LogP contribution in [0.4, 0.5) is 16.0 Å². The highest BCUT2D eigenvalue weighted by Gasteiger charge is 2.32. The number of rotatable bonds is 6. The van der Waals surface area contributed by atoms with E-state index in [0.717, 1.165) is 31.9 Å². The molecule has 1 saturated carbocycles. The van der Waals surface area contributed by atoms with E-state index in [1.165, 1.54) is 30.0 Å². The van der Waals surface area contributed by atoms with E-state index in [-0.39, 0.29) is 22.4 Å². The smallest absolute Gasteiger partial charge is 0.234 e. The van der Waals surface area contributed by atoms with Gasteiger partial charge in [0.1, 0.15) is 5.82 Å². The van der Waals surface area contributed by atoms with Crippen molar-refractivity contribution in [2.45, 2.75) is 24.0 Å². The monoisotopic (exact) mass is 411 g/mol. The predicted molar refractivity (Wildman–Crippen MR) is 102 cm³/mol. The molecule has 144 valence electrons. The van der Waals surface area contributed by atoms with Crippen molar-refractivity contribution in [2.24, 2.45) is 0 Å². The van der Waals surface area contributed by atoms with Crippen molar-refractivity contribution >= 4 is 40.9 Å². The number of anilines is 2. The molecular formula is C17H19ClFN5O2S. The molecule has 0 unspecified atom stereocenters. The van der Waals surface area contributed by atoms with Crippen LogP contribution in [0.3, 0.4) is 0 Å². The zero-order valence-corrected chi connectivity index (χ0v) is 16.1. The molecule has 2 aromatic rings. The summed E-state index contributed by atoms with van der Waals surface area (Å²) in [5.41, 5.74) is 0.114. The average molecular weight is 412 g/mol. The fraction of sp³-hybridized carbons (Fsp3) is 0.471. The lowest BCUT2D eigenvalue weighted by Crippen LogP contribution is -2.38. The van der Waals surface area contributed by atoms with Crippen LogP contribution in [0.2, 0.25) is 5.02 Å². The molecule has 0 spiro atoms. The van der Waals surface area contributed by atoms with Gasteiger partial charge in [-0.1, -0.05) is 23.4 Å². The highest BCUT2D eigenvalue weighted by molar-refractivity contribution is 7.99. The molecule has 1 saturated heterocycles. The van der Waals surface area contributed by atoms with Crippen molar-refractivity contribution in [1.29, 1.82) is 0 Å². The molecule has 1 aromatic carbocycles. The summed E-state index contributed by atoms with van der Waals surface area (Å²) in [7, 11) is 0. The summed E-state index contributed by atoms with van der Waals surface area (Å²) in [6.45, 7) is 2.92. The number of amides is 1. The number of morpholine rings is 1. The molecule has 1 aromatic heterocycles. The second kappa shape index (κ2) is 8.04. The normalized spacial score (nSPS) is 17.2. The van der Waals surface area contributed by atoms with E-state index < -0.39 is 5.82 Å². The van der Waals surface area contributed by atoms with Gasteiger partial charge in [0.05, 0.1) is 24.7 Å². The van der Waals surface area contributed by atoms with Crippen LogP contribution in [0, 0.1) is 5.82 Å². The highest BCUT2D eigenvalue weighted by Crippen LogP contribution is 2.41. The molecule has 2 heterocycles. The maximum absolute atomic E-state index is 13.8. The first-order chi connectivity index (χ1) is 13.1. The Morgan fingerprint density at radius 3 is 2.81 bits per heavy atom. The summed E-state index contributed by atoms with van der Waals surface area (Å²) in [6, 6.07) is 4.54. The van der Waals surface area contributed by atoms with Gasteiger partial charge in [-0.05, 0) is 31.0 Å². The van der Waals surface area contributed by atoms with Crippen LogP contribution >= 0.6 is 23.4 Å². The number of aromatic nitrogens is 3. The first kappa shape index (κ1) is 18.5. The SMILES string of the molecule is O=C(CSc1nnc(N2CCOCC2)n1C1CC1)Nc1ccc(Cl)cc1F. The van der Waals surface area contributed by atoms with Crippen molar-refractivity contribution in [3.8, 4) is 0 Å². The zero-order valence-electron chi connectivity index (χ0n) is 14.5. The van der Waals surface area contributed by atoms with Crippen molar-refractivity contribution in [3.05, 3.63) is 29.0 Å². The van der Waals surface area contributed by atoms with Gasteiger partial charge < -0.3 is 15.0 Å². The lowest BCUT2D eigenvalue weighted by Gasteiger charge is -2.27. The number of nitrogens with one attached hydrogen (secondary N) is 1. The lowest BCUT2D eigenvalue weighted by atomic mass is 10.3. The molecule has 27 heavy (non-hydrogen) atoms. The second-order valence-corrected chi connectivity index (χ2v) is 7.82. The molecule has 2 fully saturated rings. The number of halogens is 2. The Bertz CT molecular complexity index is 839. The maximum atomic E-state index is 13.8. The number of nitrogens with zero attached hydrogens (tertiary/aromatic N) is 4. The third-order valence-electron chi connectivity index (χ3n) is 4.39. The number of benzene rings is 1. The standard InChI is InChI=1S/C17H19ClFN5O2S/c18-11-1-4-14(13(19)9-11)20-15(25)10-27-17-22-21-16(24(17)12-2-3-12)23-5-7-26-8-6-23/h1,4,9,12H,2-3,5-8,10H2,(H,20,25). The predicted octanol–water partition coefficient (Wildman–Crippen LogP) is 2.97. The average Bonchev–Trinajstić information content (AvgIpc) is 3.42. The quantitative estimate of drug-likeness (QED) is 0.737. The maximum Gasteiger partial charge on any atom is 0.234 e. The molecule has 4 rings (SSSR count). The van der Waals surface area contributed by atoms with Crippen LogP contribution in [0.15, 0.2) is 23.4 Å². The summed E-state index contributed by atoms with van der Waals surface area (Å²) in [5, 5.41) is 12.2. The Morgan fingerprint density at radius 1 is 1.33 bits per heavy atom. The van der Waals surface area contributed by atoms with Crippen molar-refractivity contribution in [3.63, 3.8) is 0 Å². The number of hydrogen-bond acceptors (Lipinski definition) is 6. The van der Waals surface area contributed by atoms with Gasteiger partial charge in [0.25, 0.3) is 0 Å². The van der Waals surface area contributed by atoms with Gasteiger partial charge in [-0.15, -0.1) is 10.2 Å².